The van der Waals surface area contributed by atoms with Crippen LogP contribution in [0.3, 0.4) is 0 Å². The molecule has 7 N–H and O–H groups in total. The minimum Gasteiger partial charge on any atom is -0.447 e. The minimum atomic E-state index is -1.71. The van der Waals surface area contributed by atoms with Gasteiger partial charge in [-0.3, -0.25) is 4.79 Å². The average molecular weight is 576 g/mol. The van der Waals surface area contributed by atoms with Crippen LogP contribution >= 0.6 is 0 Å². The SMILES string of the molecule is C=C1C[C@](OC)([C@H](O)C(=O)N[C@@H](OC)C2C[C@@H](O)C(C)(C)[C@@H](C[C@H](O)COC(=O)NCCCN)O2)O[C@H](C)[C@@H]1C. The number of carbonyl (C=O) groups excluding carboxylic acids is 2. The molecule has 13 heteroatoms. The number of alkyl carbamates (subject to hydrolysis) is 1. The zero-order valence-corrected chi connectivity index (χ0v) is 24.6. The first-order valence-corrected chi connectivity index (χ1v) is 13.8. The molecule has 1 unspecified atom stereocenters. The van der Waals surface area contributed by atoms with E-state index in [-0.39, 0.29) is 37.9 Å². The molecular weight excluding hydrogens is 526 g/mol. The maximum Gasteiger partial charge on any atom is 0.407 e. The standard InChI is InChI=1S/C27H49N3O10/c1-15-13-27(37-7,40-17(3)16(15)2)22(33)23(34)30-24(36-6)19-12-20(32)26(4,5)21(39-19)11-18(31)14-38-25(35)29-10-8-9-28/h16-22,24,31-33H,1,8-14,28H2,2-7H3,(H,29,35)(H,30,34)/t16-,17-,18+,19?,20-,21-,22-,24+,27-/m1/s1. The molecule has 40 heavy (non-hydrogen) atoms. The third-order valence-corrected chi connectivity index (χ3v) is 8.12. The van der Waals surface area contributed by atoms with E-state index in [4.69, 9.17) is 29.4 Å². The van der Waals surface area contributed by atoms with E-state index in [1.54, 1.807) is 13.8 Å². The van der Waals surface area contributed by atoms with Crippen molar-refractivity contribution in [2.75, 3.05) is 33.9 Å². The van der Waals surface area contributed by atoms with Gasteiger partial charge in [0.25, 0.3) is 5.91 Å². The smallest absolute Gasteiger partial charge is 0.407 e. The number of amides is 2. The van der Waals surface area contributed by atoms with E-state index >= 15 is 0 Å². The number of nitrogens with two attached hydrogens (primary N) is 1. The van der Waals surface area contributed by atoms with Gasteiger partial charge in [0, 0.05) is 51.4 Å². The van der Waals surface area contributed by atoms with E-state index in [1.807, 2.05) is 13.8 Å². The van der Waals surface area contributed by atoms with Crippen LogP contribution in [0.1, 0.15) is 53.4 Å². The second kappa shape index (κ2) is 14.9. The third kappa shape index (κ3) is 8.35. The molecule has 0 spiro atoms. The molecule has 0 aliphatic carbocycles. The van der Waals surface area contributed by atoms with Gasteiger partial charge in [0.1, 0.15) is 12.7 Å². The van der Waals surface area contributed by atoms with E-state index in [0.29, 0.717) is 19.5 Å². The summed E-state index contributed by atoms with van der Waals surface area (Å²) in [6.07, 6.45) is -6.33. The maximum absolute atomic E-state index is 13.2. The fourth-order valence-corrected chi connectivity index (χ4v) is 4.95. The second-order valence-electron chi connectivity index (χ2n) is 11.3. The van der Waals surface area contributed by atoms with Crippen LogP contribution in [0.25, 0.3) is 0 Å². The number of aliphatic hydroxyl groups excluding tert-OH is 3. The molecule has 0 aromatic carbocycles. The highest BCUT2D eigenvalue weighted by atomic mass is 16.7. The van der Waals surface area contributed by atoms with Gasteiger partial charge in [-0.05, 0) is 19.9 Å². The number of methoxy groups -OCH3 is 2. The maximum atomic E-state index is 13.2. The number of hydrogen-bond acceptors (Lipinski definition) is 11. The van der Waals surface area contributed by atoms with Gasteiger partial charge in [0.15, 0.2) is 12.3 Å². The van der Waals surface area contributed by atoms with E-state index in [0.717, 1.165) is 5.57 Å². The number of aliphatic hydroxyl groups is 3. The Morgan fingerprint density at radius 1 is 1.25 bits per heavy atom. The highest BCUT2D eigenvalue weighted by Gasteiger charge is 2.51. The Morgan fingerprint density at radius 3 is 2.50 bits per heavy atom. The summed E-state index contributed by atoms with van der Waals surface area (Å²) in [5.41, 5.74) is 5.41. The van der Waals surface area contributed by atoms with Gasteiger partial charge in [0.2, 0.25) is 5.79 Å². The number of rotatable bonds is 13. The van der Waals surface area contributed by atoms with Crippen molar-refractivity contribution >= 4 is 12.0 Å². The predicted octanol–water partition coefficient (Wildman–Crippen LogP) is 0.150. The van der Waals surface area contributed by atoms with Crippen LogP contribution in [0.15, 0.2) is 12.2 Å². The Hall–Kier alpha value is -1.84. The van der Waals surface area contributed by atoms with Gasteiger partial charge >= 0.3 is 6.09 Å². The largest absolute Gasteiger partial charge is 0.447 e. The molecule has 0 aromatic heterocycles. The summed E-state index contributed by atoms with van der Waals surface area (Å²) in [7, 11) is 2.72. The third-order valence-electron chi connectivity index (χ3n) is 8.12. The van der Waals surface area contributed by atoms with Gasteiger partial charge in [-0.15, -0.1) is 0 Å². The molecular formula is C27H49N3O10. The highest BCUT2D eigenvalue weighted by Crippen LogP contribution is 2.40. The van der Waals surface area contributed by atoms with Crippen molar-refractivity contribution in [3.05, 3.63) is 12.2 Å². The predicted molar refractivity (Wildman–Crippen MR) is 145 cm³/mol. The molecule has 2 amide bonds. The topological polar surface area (TPSA) is 191 Å². The Labute approximate surface area is 236 Å². The summed E-state index contributed by atoms with van der Waals surface area (Å²) < 4.78 is 28.2. The van der Waals surface area contributed by atoms with Gasteiger partial charge in [-0.1, -0.05) is 32.9 Å². The number of hydrogen-bond donors (Lipinski definition) is 6. The molecule has 0 radical (unpaired) electrons. The average Bonchev–Trinajstić information content (AvgIpc) is 2.91. The zero-order valence-electron chi connectivity index (χ0n) is 24.6. The van der Waals surface area contributed by atoms with Crippen molar-refractivity contribution in [3.8, 4) is 0 Å². The van der Waals surface area contributed by atoms with Crippen LogP contribution in [-0.2, 0) is 28.5 Å². The normalized spacial score (nSPS) is 32.5. The van der Waals surface area contributed by atoms with E-state index in [9.17, 15) is 24.9 Å². The molecule has 13 nitrogen and oxygen atoms in total. The van der Waals surface area contributed by atoms with Crippen LogP contribution in [0.4, 0.5) is 4.79 Å². The van der Waals surface area contributed by atoms with Crippen molar-refractivity contribution in [1.29, 1.82) is 0 Å². The molecule has 2 rings (SSSR count). The van der Waals surface area contributed by atoms with Crippen LogP contribution in [-0.4, -0.2) is 110 Å². The molecule has 2 aliphatic rings. The van der Waals surface area contributed by atoms with Crippen molar-refractivity contribution in [1.82, 2.24) is 10.6 Å². The molecule has 0 bridgehead atoms. The summed E-state index contributed by atoms with van der Waals surface area (Å²) in [6.45, 7) is 11.9. The van der Waals surface area contributed by atoms with Crippen molar-refractivity contribution in [2.24, 2.45) is 17.1 Å². The molecule has 2 fully saturated rings. The zero-order chi connectivity index (χ0) is 30.3. The van der Waals surface area contributed by atoms with Gasteiger partial charge in [-0.25, -0.2) is 4.79 Å². The number of carbonyl (C=O) groups is 2. The monoisotopic (exact) mass is 575 g/mol. The molecule has 2 aliphatic heterocycles. The van der Waals surface area contributed by atoms with Crippen LogP contribution in [0, 0.1) is 11.3 Å². The summed E-state index contributed by atoms with van der Waals surface area (Å²) >= 11 is 0. The fourth-order valence-electron chi connectivity index (χ4n) is 4.95. The highest BCUT2D eigenvalue weighted by molar-refractivity contribution is 5.82. The molecule has 0 aromatic rings. The molecule has 2 heterocycles. The van der Waals surface area contributed by atoms with Crippen LogP contribution < -0.4 is 16.4 Å². The van der Waals surface area contributed by atoms with Crippen molar-refractivity contribution < 1.29 is 48.6 Å². The lowest BCUT2D eigenvalue weighted by Gasteiger charge is -2.48. The first-order chi connectivity index (χ1) is 18.7. The van der Waals surface area contributed by atoms with Crippen molar-refractivity contribution in [3.63, 3.8) is 0 Å². The van der Waals surface area contributed by atoms with E-state index < -0.39 is 60.0 Å². The van der Waals surface area contributed by atoms with E-state index in [1.165, 1.54) is 14.2 Å². The van der Waals surface area contributed by atoms with E-state index in [2.05, 4.69) is 17.2 Å². The minimum absolute atomic E-state index is 0.0222. The summed E-state index contributed by atoms with van der Waals surface area (Å²) in [4.78, 5) is 25.0. The quantitative estimate of drug-likeness (QED) is 0.0995. The lowest BCUT2D eigenvalue weighted by Crippen LogP contribution is -2.62. The molecule has 2 saturated heterocycles. The summed E-state index contributed by atoms with van der Waals surface area (Å²) in [5, 5.41) is 37.7. The Morgan fingerprint density at radius 2 is 1.93 bits per heavy atom. The number of nitrogens with one attached hydrogen (secondary N) is 2. The Balaban J connectivity index is 2.06. The van der Waals surface area contributed by atoms with Crippen LogP contribution in [0.2, 0.25) is 0 Å². The molecule has 232 valence electrons. The van der Waals surface area contributed by atoms with Gasteiger partial charge < -0.3 is 55.4 Å². The van der Waals surface area contributed by atoms with Crippen LogP contribution in [0.5, 0.6) is 0 Å². The first kappa shape index (κ1) is 34.4. The van der Waals surface area contributed by atoms with Gasteiger partial charge in [-0.2, -0.15) is 0 Å². The van der Waals surface area contributed by atoms with Crippen molar-refractivity contribution in [2.45, 2.75) is 102 Å². The number of ether oxygens (including phenoxy) is 5. The first-order valence-electron chi connectivity index (χ1n) is 13.8. The summed E-state index contributed by atoms with van der Waals surface area (Å²) in [5.74, 6) is -2.41. The lowest BCUT2D eigenvalue weighted by molar-refractivity contribution is -0.298. The molecule has 0 saturated carbocycles. The van der Waals surface area contributed by atoms with Gasteiger partial charge in [0.05, 0.1) is 24.4 Å². The summed E-state index contributed by atoms with van der Waals surface area (Å²) in [6, 6.07) is 0. The lowest BCUT2D eigenvalue weighted by atomic mass is 9.74. The fraction of sp³-hybridized carbons (Fsp3) is 0.852. The Kier molecular flexibility index (Phi) is 12.8. The molecule has 9 atom stereocenters. The second-order valence-corrected chi connectivity index (χ2v) is 11.3. The Bertz CT molecular complexity index is 858.